The van der Waals surface area contributed by atoms with Crippen LogP contribution in [0, 0.1) is 11.8 Å². The molecule has 0 spiro atoms. The van der Waals surface area contributed by atoms with Gasteiger partial charge in [-0.1, -0.05) is 46.2 Å². The Kier molecular flexibility index (Phi) is 11.8. The van der Waals surface area contributed by atoms with Gasteiger partial charge in [-0.15, -0.1) is 0 Å². The van der Waals surface area contributed by atoms with Crippen LogP contribution in [0.25, 0.3) is 0 Å². The van der Waals surface area contributed by atoms with Crippen LogP contribution in [0.5, 0.6) is 5.75 Å². The number of aliphatic carboxylic acids is 2. The van der Waals surface area contributed by atoms with Gasteiger partial charge in [-0.2, -0.15) is 0 Å². The highest BCUT2D eigenvalue weighted by Gasteiger charge is 2.33. The topological polar surface area (TPSA) is 208 Å². The molecule has 0 bridgehead atoms. The van der Waals surface area contributed by atoms with E-state index in [0.717, 1.165) is 0 Å². The Morgan fingerprint density at radius 2 is 1.42 bits per heavy atom. The molecule has 0 radical (unpaired) electrons. The maximum Gasteiger partial charge on any atom is 0.326 e. The normalized spacial score (nSPS) is 15.2. The lowest BCUT2D eigenvalue weighted by Gasteiger charge is -2.28. The molecule has 0 aliphatic heterocycles. The fourth-order valence-electron chi connectivity index (χ4n) is 3.28. The summed E-state index contributed by atoms with van der Waals surface area (Å²) < 4.78 is 0. The second kappa shape index (κ2) is 14.0. The van der Waals surface area contributed by atoms with Gasteiger partial charge in [0.2, 0.25) is 17.7 Å². The number of nitrogens with one attached hydrogen (secondary N) is 3. The first-order valence-corrected chi connectivity index (χ1v) is 11.7. The van der Waals surface area contributed by atoms with Gasteiger partial charge in [-0.3, -0.25) is 19.2 Å². The number of amides is 3. The molecular formula is C24H36N4O8. The number of phenols is 1. The van der Waals surface area contributed by atoms with Gasteiger partial charge in [0.05, 0.1) is 12.5 Å². The highest BCUT2D eigenvalue weighted by molar-refractivity contribution is 5.95. The molecule has 3 amide bonds. The van der Waals surface area contributed by atoms with E-state index < -0.39 is 60.2 Å². The molecule has 200 valence electrons. The van der Waals surface area contributed by atoms with Crippen LogP contribution in [0.15, 0.2) is 24.3 Å². The molecule has 1 aromatic rings. The van der Waals surface area contributed by atoms with Crippen molar-refractivity contribution in [3.63, 3.8) is 0 Å². The first kappa shape index (κ1) is 30.4. The van der Waals surface area contributed by atoms with Crippen molar-refractivity contribution in [1.29, 1.82) is 0 Å². The lowest BCUT2D eigenvalue weighted by atomic mass is 9.97. The summed E-state index contributed by atoms with van der Waals surface area (Å²) in [7, 11) is 0. The summed E-state index contributed by atoms with van der Waals surface area (Å²) >= 11 is 0. The van der Waals surface area contributed by atoms with Crippen LogP contribution in [0.1, 0.15) is 46.1 Å². The van der Waals surface area contributed by atoms with Gasteiger partial charge in [-0.05, 0) is 29.5 Å². The highest BCUT2D eigenvalue weighted by atomic mass is 16.4. The minimum absolute atomic E-state index is 0.0172. The molecule has 0 aliphatic carbocycles. The molecule has 0 heterocycles. The minimum atomic E-state index is -1.72. The first-order valence-electron chi connectivity index (χ1n) is 11.7. The van der Waals surface area contributed by atoms with Crippen LogP contribution in [-0.2, 0) is 30.4 Å². The quantitative estimate of drug-likeness (QED) is 0.180. The fourth-order valence-corrected chi connectivity index (χ4v) is 3.28. The lowest BCUT2D eigenvalue weighted by Crippen LogP contribution is -2.59. The molecule has 0 saturated heterocycles. The van der Waals surface area contributed by atoms with Crippen molar-refractivity contribution < 1.29 is 39.3 Å². The van der Waals surface area contributed by atoms with Crippen LogP contribution in [-0.4, -0.2) is 69.1 Å². The van der Waals surface area contributed by atoms with Crippen LogP contribution in [0.4, 0.5) is 0 Å². The number of hydrogen-bond acceptors (Lipinski definition) is 7. The van der Waals surface area contributed by atoms with Gasteiger partial charge in [0.25, 0.3) is 0 Å². The third-order valence-electron chi connectivity index (χ3n) is 5.81. The molecule has 12 nitrogen and oxygen atoms in total. The zero-order valence-electron chi connectivity index (χ0n) is 20.9. The van der Waals surface area contributed by atoms with E-state index in [2.05, 4.69) is 16.0 Å². The maximum absolute atomic E-state index is 13.1. The van der Waals surface area contributed by atoms with Crippen molar-refractivity contribution in [2.75, 3.05) is 0 Å². The van der Waals surface area contributed by atoms with Crippen LogP contribution in [0.2, 0.25) is 0 Å². The molecule has 36 heavy (non-hydrogen) atoms. The predicted octanol–water partition coefficient (Wildman–Crippen LogP) is -0.0222. The molecule has 1 rings (SSSR count). The minimum Gasteiger partial charge on any atom is -0.508 e. The van der Waals surface area contributed by atoms with Gasteiger partial charge in [-0.25, -0.2) is 4.79 Å². The molecule has 0 saturated carbocycles. The fraction of sp³-hybridized carbons (Fsp3) is 0.542. The SMILES string of the molecule is CCC(C)C(N)C(=O)NC(C(=O)NC(Cc1ccc(O)cc1)C(=O)NC(CC(=O)O)C(=O)O)C(C)C. The second-order valence-corrected chi connectivity index (χ2v) is 9.07. The molecule has 5 unspecified atom stereocenters. The summed E-state index contributed by atoms with van der Waals surface area (Å²) in [6, 6.07) is 0.877. The van der Waals surface area contributed by atoms with Crippen molar-refractivity contribution in [2.24, 2.45) is 17.6 Å². The van der Waals surface area contributed by atoms with Crippen molar-refractivity contribution in [3.8, 4) is 5.75 Å². The number of phenolic OH excluding ortho intramolecular Hbond substituents is 1. The van der Waals surface area contributed by atoms with Crippen molar-refractivity contribution in [2.45, 2.75) is 71.1 Å². The van der Waals surface area contributed by atoms with E-state index in [-0.39, 0.29) is 24.0 Å². The Balaban J connectivity index is 3.16. The van der Waals surface area contributed by atoms with Crippen molar-refractivity contribution in [3.05, 3.63) is 29.8 Å². The van der Waals surface area contributed by atoms with Gasteiger partial charge >= 0.3 is 11.9 Å². The number of benzene rings is 1. The Morgan fingerprint density at radius 1 is 0.861 bits per heavy atom. The monoisotopic (exact) mass is 508 g/mol. The van der Waals surface area contributed by atoms with Gasteiger partial charge in [0, 0.05) is 6.42 Å². The molecule has 0 fully saturated rings. The van der Waals surface area contributed by atoms with Gasteiger partial charge in [0.15, 0.2) is 0 Å². The number of rotatable bonds is 14. The Hall–Kier alpha value is -3.67. The Morgan fingerprint density at radius 3 is 1.89 bits per heavy atom. The Bertz CT molecular complexity index is 935. The number of carbonyl (C=O) groups excluding carboxylic acids is 3. The van der Waals surface area contributed by atoms with E-state index in [9.17, 15) is 34.2 Å². The van der Waals surface area contributed by atoms with E-state index in [0.29, 0.717) is 12.0 Å². The van der Waals surface area contributed by atoms with E-state index in [1.807, 2.05) is 13.8 Å². The summed E-state index contributed by atoms with van der Waals surface area (Å²) in [5, 5.41) is 35.0. The molecule has 12 heteroatoms. The number of carbonyl (C=O) groups is 5. The first-order chi connectivity index (χ1) is 16.8. The summed E-state index contributed by atoms with van der Waals surface area (Å²) in [5.74, 6) is -5.64. The molecule has 0 aliphatic rings. The smallest absolute Gasteiger partial charge is 0.326 e. The van der Waals surface area contributed by atoms with E-state index >= 15 is 0 Å². The predicted molar refractivity (Wildman–Crippen MR) is 130 cm³/mol. The van der Waals surface area contributed by atoms with E-state index in [1.165, 1.54) is 24.3 Å². The molecule has 5 atom stereocenters. The standard InChI is InChI=1S/C24H36N4O8/c1-5-13(4)19(25)22(33)28-20(12(2)3)23(34)26-16(10-14-6-8-15(29)9-7-14)21(32)27-17(24(35)36)11-18(30)31/h6-9,12-13,16-17,19-20,29H,5,10-11,25H2,1-4H3,(H,26,34)(H,27,32)(H,28,33)(H,30,31)(H,35,36). The van der Waals surface area contributed by atoms with Gasteiger partial charge in [0.1, 0.15) is 23.9 Å². The second-order valence-electron chi connectivity index (χ2n) is 9.07. The van der Waals surface area contributed by atoms with E-state index in [1.54, 1.807) is 13.8 Å². The number of hydrogen-bond donors (Lipinski definition) is 7. The molecule has 0 aromatic heterocycles. The summed E-state index contributed by atoms with van der Waals surface area (Å²) in [6.07, 6.45) is -0.301. The lowest BCUT2D eigenvalue weighted by molar-refractivity contribution is -0.147. The van der Waals surface area contributed by atoms with Crippen molar-refractivity contribution >= 4 is 29.7 Å². The third kappa shape index (κ3) is 9.53. The zero-order valence-corrected chi connectivity index (χ0v) is 20.9. The van der Waals surface area contributed by atoms with Crippen LogP contribution >= 0.6 is 0 Å². The maximum atomic E-state index is 13.1. The third-order valence-corrected chi connectivity index (χ3v) is 5.81. The van der Waals surface area contributed by atoms with E-state index in [4.69, 9.17) is 10.8 Å². The Labute approximate surface area is 209 Å². The number of carboxylic acid groups (broad SMARTS) is 2. The van der Waals surface area contributed by atoms with Crippen LogP contribution < -0.4 is 21.7 Å². The van der Waals surface area contributed by atoms with Crippen molar-refractivity contribution in [1.82, 2.24) is 16.0 Å². The largest absolute Gasteiger partial charge is 0.508 e. The summed E-state index contributed by atoms with van der Waals surface area (Å²) in [5.41, 5.74) is 6.50. The molecule has 8 N–H and O–H groups in total. The average molecular weight is 509 g/mol. The molecular weight excluding hydrogens is 472 g/mol. The highest BCUT2D eigenvalue weighted by Crippen LogP contribution is 2.13. The summed E-state index contributed by atoms with van der Waals surface area (Å²) in [4.78, 5) is 61.1. The number of nitrogens with two attached hydrogens (primary N) is 1. The van der Waals surface area contributed by atoms with Crippen LogP contribution in [0.3, 0.4) is 0 Å². The number of carboxylic acids is 2. The zero-order chi connectivity index (χ0) is 27.6. The molecule has 1 aromatic carbocycles. The van der Waals surface area contributed by atoms with Gasteiger partial charge < -0.3 is 37.0 Å². The summed E-state index contributed by atoms with van der Waals surface area (Å²) in [6.45, 7) is 7.08. The number of aromatic hydroxyl groups is 1. The average Bonchev–Trinajstić information content (AvgIpc) is 2.80.